The van der Waals surface area contributed by atoms with Crippen LogP contribution in [0.3, 0.4) is 0 Å². The molecule has 1 atom stereocenters. The SMILES string of the molecule is Cc1cc(C(=O)O)cnc1N1CCN(c2cc(-c3ccc(F)cc3)nc(N(C)C)n2)C(C)C1. The first-order valence-corrected chi connectivity index (χ1v) is 10.8. The molecule has 0 spiro atoms. The average molecular weight is 451 g/mol. The second-order valence-corrected chi connectivity index (χ2v) is 8.47. The van der Waals surface area contributed by atoms with Gasteiger partial charge in [0, 0.05) is 57.6 Å². The van der Waals surface area contributed by atoms with Gasteiger partial charge < -0.3 is 19.8 Å². The molecule has 0 aliphatic carbocycles. The number of hydrogen-bond acceptors (Lipinski definition) is 7. The van der Waals surface area contributed by atoms with E-state index >= 15 is 0 Å². The van der Waals surface area contributed by atoms with Crippen molar-refractivity contribution >= 4 is 23.6 Å². The molecule has 0 amide bonds. The molecule has 8 nitrogen and oxygen atoms in total. The van der Waals surface area contributed by atoms with Crippen molar-refractivity contribution in [2.24, 2.45) is 0 Å². The third-order valence-corrected chi connectivity index (χ3v) is 5.76. The van der Waals surface area contributed by atoms with Crippen LogP contribution in [-0.4, -0.2) is 65.8 Å². The van der Waals surface area contributed by atoms with Crippen LogP contribution in [0, 0.1) is 12.7 Å². The molecule has 2 aromatic heterocycles. The smallest absolute Gasteiger partial charge is 0.337 e. The molecule has 1 N–H and O–H groups in total. The molecular weight excluding hydrogens is 423 g/mol. The topological polar surface area (TPSA) is 85.7 Å². The summed E-state index contributed by atoms with van der Waals surface area (Å²) in [6.07, 6.45) is 1.41. The summed E-state index contributed by atoms with van der Waals surface area (Å²) in [5.74, 6) is 0.933. The molecule has 1 aliphatic rings. The normalized spacial score (nSPS) is 16.1. The van der Waals surface area contributed by atoms with E-state index in [0.717, 1.165) is 41.5 Å². The maximum atomic E-state index is 13.4. The summed E-state index contributed by atoms with van der Waals surface area (Å²) < 4.78 is 13.4. The van der Waals surface area contributed by atoms with Crippen molar-refractivity contribution in [2.75, 3.05) is 48.4 Å². The number of carbonyl (C=O) groups is 1. The minimum absolute atomic E-state index is 0.130. The fourth-order valence-electron chi connectivity index (χ4n) is 4.04. The zero-order valence-corrected chi connectivity index (χ0v) is 19.2. The minimum atomic E-state index is -0.979. The van der Waals surface area contributed by atoms with Gasteiger partial charge in [-0.2, -0.15) is 4.98 Å². The van der Waals surface area contributed by atoms with Gasteiger partial charge in [0.25, 0.3) is 0 Å². The molecule has 0 radical (unpaired) electrons. The monoisotopic (exact) mass is 450 g/mol. The van der Waals surface area contributed by atoms with Crippen molar-refractivity contribution in [2.45, 2.75) is 19.9 Å². The number of pyridine rings is 1. The van der Waals surface area contributed by atoms with Gasteiger partial charge in [-0.15, -0.1) is 0 Å². The number of rotatable bonds is 5. The summed E-state index contributed by atoms with van der Waals surface area (Å²) in [5, 5.41) is 9.20. The molecule has 3 aromatic rings. The number of carboxylic acid groups (broad SMARTS) is 1. The predicted octanol–water partition coefficient (Wildman–Crippen LogP) is 3.47. The number of anilines is 3. The Bertz CT molecular complexity index is 1170. The molecule has 1 aromatic carbocycles. The van der Waals surface area contributed by atoms with Crippen LogP contribution in [-0.2, 0) is 0 Å². The lowest BCUT2D eigenvalue weighted by Crippen LogP contribution is -2.53. The van der Waals surface area contributed by atoms with Crippen molar-refractivity contribution in [3.63, 3.8) is 0 Å². The molecule has 33 heavy (non-hydrogen) atoms. The lowest BCUT2D eigenvalue weighted by Gasteiger charge is -2.41. The van der Waals surface area contributed by atoms with Crippen LogP contribution < -0.4 is 14.7 Å². The van der Waals surface area contributed by atoms with Gasteiger partial charge in [0.05, 0.1) is 11.3 Å². The second-order valence-electron chi connectivity index (χ2n) is 8.47. The average Bonchev–Trinajstić information content (AvgIpc) is 2.79. The summed E-state index contributed by atoms with van der Waals surface area (Å²) in [4.78, 5) is 31.3. The fraction of sp³-hybridized carbons (Fsp3) is 0.333. The lowest BCUT2D eigenvalue weighted by atomic mass is 10.1. The number of aryl methyl sites for hydroxylation is 1. The van der Waals surface area contributed by atoms with Gasteiger partial charge in [-0.1, -0.05) is 0 Å². The summed E-state index contributed by atoms with van der Waals surface area (Å²) in [5.41, 5.74) is 2.59. The largest absolute Gasteiger partial charge is 0.478 e. The maximum absolute atomic E-state index is 13.4. The first-order chi connectivity index (χ1) is 15.7. The van der Waals surface area contributed by atoms with Crippen molar-refractivity contribution in [1.29, 1.82) is 0 Å². The van der Waals surface area contributed by atoms with Crippen LogP contribution in [0.15, 0.2) is 42.6 Å². The van der Waals surface area contributed by atoms with Crippen LogP contribution in [0.1, 0.15) is 22.8 Å². The zero-order chi connectivity index (χ0) is 23.7. The molecule has 172 valence electrons. The van der Waals surface area contributed by atoms with E-state index in [2.05, 4.69) is 26.7 Å². The van der Waals surface area contributed by atoms with Crippen LogP contribution in [0.5, 0.6) is 0 Å². The number of aromatic nitrogens is 3. The molecule has 9 heteroatoms. The Kier molecular flexibility index (Phi) is 6.13. The lowest BCUT2D eigenvalue weighted by molar-refractivity contribution is 0.0696. The molecular formula is C24H27FN6O2. The number of benzene rings is 1. The van der Waals surface area contributed by atoms with Gasteiger partial charge in [0.15, 0.2) is 0 Å². The molecule has 0 saturated carbocycles. The Balaban J connectivity index is 1.60. The van der Waals surface area contributed by atoms with Gasteiger partial charge in [-0.25, -0.2) is 19.2 Å². The van der Waals surface area contributed by atoms with Crippen LogP contribution in [0.25, 0.3) is 11.3 Å². The first kappa shape index (κ1) is 22.4. The van der Waals surface area contributed by atoms with Crippen LogP contribution in [0.4, 0.5) is 22.0 Å². The Labute approximate surface area is 192 Å². The van der Waals surface area contributed by atoms with E-state index in [-0.39, 0.29) is 17.4 Å². The van der Waals surface area contributed by atoms with Crippen molar-refractivity contribution in [3.8, 4) is 11.3 Å². The van der Waals surface area contributed by atoms with Gasteiger partial charge >= 0.3 is 5.97 Å². The fourth-order valence-corrected chi connectivity index (χ4v) is 4.04. The number of hydrogen-bond donors (Lipinski definition) is 1. The van der Waals surface area contributed by atoms with Crippen molar-refractivity contribution in [1.82, 2.24) is 15.0 Å². The molecule has 1 aliphatic heterocycles. The Morgan fingerprint density at radius 2 is 1.88 bits per heavy atom. The van der Waals surface area contributed by atoms with Gasteiger partial charge in [-0.3, -0.25) is 0 Å². The highest BCUT2D eigenvalue weighted by molar-refractivity contribution is 5.87. The third-order valence-electron chi connectivity index (χ3n) is 5.76. The molecule has 1 saturated heterocycles. The zero-order valence-electron chi connectivity index (χ0n) is 19.2. The summed E-state index contributed by atoms with van der Waals surface area (Å²) in [7, 11) is 3.79. The summed E-state index contributed by atoms with van der Waals surface area (Å²) in [6, 6.07) is 10.0. The standard InChI is InChI=1S/C24H27FN6O2/c1-15-11-18(23(32)33)13-26-22(15)30-9-10-31(16(2)14-30)21-12-20(27-24(28-21)29(3)4)17-5-7-19(25)8-6-17/h5-8,11-13,16H,9-10,14H2,1-4H3,(H,32,33). The van der Waals surface area contributed by atoms with Crippen LogP contribution in [0.2, 0.25) is 0 Å². The number of piperazine rings is 1. The molecule has 1 unspecified atom stereocenters. The molecule has 3 heterocycles. The quantitative estimate of drug-likeness (QED) is 0.633. The third kappa shape index (κ3) is 4.72. The number of halogens is 1. The van der Waals surface area contributed by atoms with E-state index in [1.165, 1.54) is 18.3 Å². The van der Waals surface area contributed by atoms with E-state index < -0.39 is 5.97 Å². The Morgan fingerprint density at radius 3 is 2.48 bits per heavy atom. The van der Waals surface area contributed by atoms with Crippen molar-refractivity contribution in [3.05, 3.63) is 59.5 Å². The van der Waals surface area contributed by atoms with Gasteiger partial charge in [0.1, 0.15) is 17.5 Å². The van der Waals surface area contributed by atoms with E-state index in [1.54, 1.807) is 18.2 Å². The van der Waals surface area contributed by atoms with E-state index in [4.69, 9.17) is 4.98 Å². The molecule has 4 rings (SSSR count). The van der Waals surface area contributed by atoms with Gasteiger partial charge in [-0.05, 0) is 49.7 Å². The Morgan fingerprint density at radius 1 is 1.15 bits per heavy atom. The maximum Gasteiger partial charge on any atom is 0.337 e. The highest BCUT2D eigenvalue weighted by Gasteiger charge is 2.27. The van der Waals surface area contributed by atoms with Crippen molar-refractivity contribution < 1.29 is 14.3 Å². The number of carboxylic acids is 1. The highest BCUT2D eigenvalue weighted by Crippen LogP contribution is 2.28. The summed E-state index contributed by atoms with van der Waals surface area (Å²) in [6.45, 7) is 6.16. The second kappa shape index (κ2) is 9.01. The molecule has 0 bridgehead atoms. The first-order valence-electron chi connectivity index (χ1n) is 10.8. The minimum Gasteiger partial charge on any atom is -0.478 e. The van der Waals surface area contributed by atoms with E-state index in [1.807, 2.05) is 32.0 Å². The van der Waals surface area contributed by atoms with Crippen LogP contribution >= 0.6 is 0 Å². The van der Waals surface area contributed by atoms with E-state index in [9.17, 15) is 14.3 Å². The number of nitrogens with zero attached hydrogens (tertiary/aromatic N) is 6. The Hall–Kier alpha value is -3.75. The predicted molar refractivity (Wildman–Crippen MR) is 127 cm³/mol. The number of aromatic carboxylic acids is 1. The highest BCUT2D eigenvalue weighted by atomic mass is 19.1. The van der Waals surface area contributed by atoms with E-state index in [0.29, 0.717) is 12.5 Å². The van der Waals surface area contributed by atoms with Gasteiger partial charge in [0.2, 0.25) is 5.95 Å². The summed E-state index contributed by atoms with van der Waals surface area (Å²) >= 11 is 0. The molecule has 1 fully saturated rings.